The van der Waals surface area contributed by atoms with Crippen LogP contribution in [0.5, 0.6) is 0 Å². The molecule has 1 spiro atoms. The molecule has 0 saturated carbocycles. The van der Waals surface area contributed by atoms with Crippen molar-refractivity contribution in [3.8, 4) is 11.3 Å². The number of hydrogen-bond acceptors (Lipinski definition) is 1. The molecule has 5 rings (SSSR count). The molecule has 0 radical (unpaired) electrons. The molecule has 1 nitrogen and oxygen atoms in total. The number of benzene rings is 2. The predicted molar refractivity (Wildman–Crippen MR) is 123 cm³/mol. The van der Waals surface area contributed by atoms with Crippen molar-refractivity contribution in [2.75, 3.05) is 0 Å². The summed E-state index contributed by atoms with van der Waals surface area (Å²) in [5.41, 5.74) is 5.59. The van der Waals surface area contributed by atoms with Crippen LogP contribution in [0.3, 0.4) is 0 Å². The topological polar surface area (TPSA) is 12.9 Å². The quantitative estimate of drug-likeness (QED) is 0.430. The number of hydrogen-bond donors (Lipinski definition) is 0. The van der Waals surface area contributed by atoms with Crippen LogP contribution in [-0.2, 0) is 11.8 Å². The van der Waals surface area contributed by atoms with E-state index < -0.39 is 8.07 Å². The monoisotopic (exact) mass is 385 g/mol. The van der Waals surface area contributed by atoms with Crippen molar-refractivity contribution in [2.24, 2.45) is 0 Å². The van der Waals surface area contributed by atoms with E-state index in [2.05, 4.69) is 69.4 Å². The first-order valence-corrected chi connectivity index (χ1v) is 13.6. The van der Waals surface area contributed by atoms with E-state index in [0.717, 1.165) is 0 Å². The van der Waals surface area contributed by atoms with Crippen LogP contribution in [0.15, 0.2) is 48.7 Å². The Kier molecular flexibility index (Phi) is 4.24. The molecule has 3 aromatic rings. The van der Waals surface area contributed by atoms with Gasteiger partial charge in [-0.3, -0.25) is 4.98 Å². The summed E-state index contributed by atoms with van der Waals surface area (Å²) >= 11 is 0. The lowest BCUT2D eigenvalue weighted by Gasteiger charge is -2.34. The van der Waals surface area contributed by atoms with E-state index in [-0.39, 0.29) is 5.41 Å². The van der Waals surface area contributed by atoms with E-state index in [1.54, 1.807) is 10.8 Å². The molecule has 28 heavy (non-hydrogen) atoms. The van der Waals surface area contributed by atoms with E-state index >= 15 is 0 Å². The van der Waals surface area contributed by atoms with Crippen molar-refractivity contribution in [2.45, 2.75) is 70.0 Å². The molecule has 2 aliphatic rings. The minimum absolute atomic E-state index is 0.116. The van der Waals surface area contributed by atoms with Crippen molar-refractivity contribution >= 4 is 24.0 Å². The Bertz CT molecular complexity index is 1040. The van der Waals surface area contributed by atoms with Crippen molar-refractivity contribution in [3.63, 3.8) is 0 Å². The summed E-state index contributed by atoms with van der Waals surface area (Å²) in [6.07, 6.45) is 7.76. The van der Waals surface area contributed by atoms with Gasteiger partial charge in [0, 0.05) is 11.8 Å². The Morgan fingerprint density at radius 2 is 1.64 bits per heavy atom. The van der Waals surface area contributed by atoms with Gasteiger partial charge in [-0.25, -0.2) is 0 Å². The third kappa shape index (κ3) is 2.93. The van der Waals surface area contributed by atoms with Gasteiger partial charge in [-0.05, 0) is 51.9 Å². The second-order valence-corrected chi connectivity index (χ2v) is 14.7. The molecule has 0 amide bonds. The highest BCUT2D eigenvalue weighted by molar-refractivity contribution is 6.93. The van der Waals surface area contributed by atoms with Gasteiger partial charge in [-0.15, -0.1) is 0 Å². The van der Waals surface area contributed by atoms with E-state index in [1.807, 2.05) is 0 Å². The zero-order valence-electron chi connectivity index (χ0n) is 17.5. The number of rotatable bonds is 1. The molecule has 2 aliphatic heterocycles. The van der Waals surface area contributed by atoms with Crippen LogP contribution in [0.4, 0.5) is 0 Å². The largest absolute Gasteiger partial charge is 0.256 e. The van der Waals surface area contributed by atoms with Crippen LogP contribution in [0.2, 0.25) is 18.1 Å². The first-order valence-electron chi connectivity index (χ1n) is 11.0. The summed E-state index contributed by atoms with van der Waals surface area (Å²) in [6, 6.07) is 20.6. The smallest absolute Gasteiger partial charge is 0.0872 e. The van der Waals surface area contributed by atoms with Crippen LogP contribution < -0.4 is 5.19 Å². The summed E-state index contributed by atoms with van der Waals surface area (Å²) < 4.78 is 0. The molecule has 144 valence electrons. The average Bonchev–Trinajstić information content (AvgIpc) is 3.15. The number of fused-ring (bicyclic) bond motifs is 3. The van der Waals surface area contributed by atoms with Gasteiger partial charge in [0.2, 0.25) is 0 Å². The Morgan fingerprint density at radius 1 is 0.893 bits per heavy atom. The molecule has 2 aromatic carbocycles. The Hall–Kier alpha value is -1.93. The van der Waals surface area contributed by atoms with Gasteiger partial charge in [-0.2, -0.15) is 0 Å². The van der Waals surface area contributed by atoms with Crippen LogP contribution in [0, 0.1) is 0 Å². The van der Waals surface area contributed by atoms with E-state index in [0.29, 0.717) is 0 Å². The Balaban J connectivity index is 1.69. The third-order valence-electron chi connectivity index (χ3n) is 7.19. The molecule has 0 unspecified atom stereocenters. The van der Waals surface area contributed by atoms with Crippen LogP contribution >= 0.6 is 0 Å². The van der Waals surface area contributed by atoms with Gasteiger partial charge >= 0.3 is 0 Å². The molecular formula is C26H31NSi. The first kappa shape index (κ1) is 18.1. The molecule has 0 bridgehead atoms. The zero-order chi connectivity index (χ0) is 19.4. The second kappa shape index (κ2) is 6.55. The molecule has 0 N–H and O–H groups in total. The molecule has 2 heteroatoms. The van der Waals surface area contributed by atoms with Crippen molar-refractivity contribution < 1.29 is 0 Å². The lowest BCUT2D eigenvalue weighted by atomic mass is 9.82. The highest BCUT2D eigenvalue weighted by atomic mass is 28.3. The minimum atomic E-state index is -1.25. The second-order valence-electron chi connectivity index (χ2n) is 10.1. The van der Waals surface area contributed by atoms with Gasteiger partial charge in [0.1, 0.15) is 0 Å². The van der Waals surface area contributed by atoms with E-state index in [9.17, 15) is 0 Å². The maximum absolute atomic E-state index is 4.97. The number of aryl methyl sites for hydroxylation is 1. The van der Waals surface area contributed by atoms with Crippen LogP contribution in [0.25, 0.3) is 22.0 Å². The molecule has 0 atom stereocenters. The average molecular weight is 386 g/mol. The fourth-order valence-corrected chi connectivity index (χ4v) is 11.3. The van der Waals surface area contributed by atoms with E-state index in [1.165, 1.54) is 71.4 Å². The zero-order valence-corrected chi connectivity index (χ0v) is 18.5. The fraction of sp³-hybridized carbons (Fsp3) is 0.423. The van der Waals surface area contributed by atoms with Crippen molar-refractivity contribution in [3.05, 3.63) is 59.8 Å². The molecule has 1 aromatic heterocycles. The summed E-state index contributed by atoms with van der Waals surface area (Å²) in [7, 11) is -1.25. The summed E-state index contributed by atoms with van der Waals surface area (Å²) in [4.78, 5) is 4.97. The Morgan fingerprint density at radius 3 is 2.43 bits per heavy atom. The van der Waals surface area contributed by atoms with Crippen LogP contribution in [0.1, 0.15) is 51.2 Å². The Labute approximate surface area is 170 Å². The molecule has 1 fully saturated rings. The summed E-state index contributed by atoms with van der Waals surface area (Å²) in [5, 5.41) is 4.46. The molecule has 1 saturated heterocycles. The van der Waals surface area contributed by atoms with Gasteiger partial charge in [0.25, 0.3) is 0 Å². The third-order valence-corrected chi connectivity index (χ3v) is 12.7. The molecule has 0 aliphatic carbocycles. The van der Waals surface area contributed by atoms with Gasteiger partial charge in [0.15, 0.2) is 0 Å². The minimum Gasteiger partial charge on any atom is -0.256 e. The highest BCUT2D eigenvalue weighted by Crippen LogP contribution is 2.39. The molecular weight excluding hydrogens is 354 g/mol. The lowest BCUT2D eigenvalue weighted by Crippen LogP contribution is -2.49. The van der Waals surface area contributed by atoms with Crippen LogP contribution in [-0.4, -0.2) is 13.1 Å². The SMILES string of the molecule is CC(C)(C)c1cc(-c2cc3c(cn2)CCC[Si]32CCCC2)cc2ccccc12. The molecule has 3 heterocycles. The summed E-state index contributed by atoms with van der Waals surface area (Å²) in [6.45, 7) is 6.96. The highest BCUT2D eigenvalue weighted by Gasteiger charge is 2.41. The standard InChI is InChI=1S/C26H31NSi/c1-26(2,3)23-16-21(15-19-9-4-5-11-22(19)23)24-17-25-20(18-27-24)10-8-14-28(25)12-6-7-13-28/h4-5,9,11,15-18H,6-8,10,12-14H2,1-3H3. The van der Waals surface area contributed by atoms with Gasteiger partial charge in [-0.1, -0.05) is 87.6 Å². The fourth-order valence-electron chi connectivity index (χ4n) is 5.74. The van der Waals surface area contributed by atoms with Gasteiger partial charge < -0.3 is 0 Å². The van der Waals surface area contributed by atoms with E-state index in [4.69, 9.17) is 4.98 Å². The summed E-state index contributed by atoms with van der Waals surface area (Å²) in [5.74, 6) is 0. The van der Waals surface area contributed by atoms with Crippen molar-refractivity contribution in [1.82, 2.24) is 4.98 Å². The normalized spacial score (nSPS) is 18.5. The lowest BCUT2D eigenvalue weighted by molar-refractivity contribution is 0.596. The first-order chi connectivity index (χ1) is 13.5. The number of aromatic nitrogens is 1. The van der Waals surface area contributed by atoms with Gasteiger partial charge in [0.05, 0.1) is 13.8 Å². The maximum atomic E-state index is 4.97. The predicted octanol–water partition coefficient (Wildman–Crippen LogP) is 6.60. The number of nitrogens with zero attached hydrogens (tertiary/aromatic N) is 1. The number of pyridine rings is 1. The van der Waals surface area contributed by atoms with Crippen molar-refractivity contribution in [1.29, 1.82) is 0 Å². The maximum Gasteiger partial charge on any atom is 0.0872 e.